The molecule has 1 rings (SSSR count). The number of halogens is 1. The molecule has 80 valence electrons. The summed E-state index contributed by atoms with van der Waals surface area (Å²) in [6, 6.07) is -0.0957. The zero-order valence-corrected chi connectivity index (χ0v) is 10.2. The maximum Gasteiger partial charge on any atom is 0.123 e. The van der Waals surface area contributed by atoms with Crippen LogP contribution in [0.2, 0.25) is 0 Å². The minimum Gasteiger partial charge on any atom is -0.341 e. The molecule has 0 bridgehead atoms. The van der Waals surface area contributed by atoms with Crippen LogP contribution in [-0.4, -0.2) is 9.97 Å². The van der Waals surface area contributed by atoms with Crippen LogP contribution < -0.4 is 5.73 Å². The number of allylic oxidation sites excluding steroid dienone is 4. The van der Waals surface area contributed by atoms with E-state index in [-0.39, 0.29) is 6.04 Å². The topological polar surface area (TPSA) is 54.7 Å². The molecule has 4 heteroatoms. The van der Waals surface area contributed by atoms with Crippen LogP contribution in [0.25, 0.3) is 5.57 Å². The van der Waals surface area contributed by atoms with Crippen LogP contribution in [0.15, 0.2) is 36.0 Å². The number of aromatic nitrogens is 2. The highest BCUT2D eigenvalue weighted by atomic mass is 79.9. The van der Waals surface area contributed by atoms with Gasteiger partial charge in [-0.25, -0.2) is 4.98 Å². The largest absolute Gasteiger partial charge is 0.341 e. The summed E-state index contributed by atoms with van der Waals surface area (Å²) in [7, 11) is 0. The monoisotopic (exact) mass is 267 g/mol. The Morgan fingerprint density at radius 3 is 2.73 bits per heavy atom. The lowest BCUT2D eigenvalue weighted by Gasteiger charge is -1.99. The third-order valence-corrected chi connectivity index (χ3v) is 2.10. The van der Waals surface area contributed by atoms with Gasteiger partial charge in [-0.1, -0.05) is 35.2 Å². The molecule has 0 aliphatic heterocycles. The number of aromatic amines is 1. The number of imidazole rings is 1. The first kappa shape index (κ1) is 11.9. The van der Waals surface area contributed by atoms with Crippen molar-refractivity contribution < 1.29 is 0 Å². The molecule has 1 aromatic heterocycles. The highest BCUT2D eigenvalue weighted by Gasteiger charge is 2.05. The normalized spacial score (nSPS) is 13.0. The number of hydrogen-bond acceptors (Lipinski definition) is 2. The number of nitrogens with two attached hydrogens (primary N) is 1. The molecule has 1 atom stereocenters. The summed E-state index contributed by atoms with van der Waals surface area (Å²) in [5.74, 6) is 0.761. The minimum absolute atomic E-state index is 0.0957. The van der Waals surface area contributed by atoms with E-state index in [1.807, 2.05) is 19.1 Å². The Bertz CT molecular complexity index is 402. The number of H-pyrrole nitrogens is 1. The fourth-order valence-electron chi connectivity index (χ4n) is 1.01. The summed E-state index contributed by atoms with van der Waals surface area (Å²) in [6.07, 6.45) is 5.41. The molecule has 0 radical (unpaired) electrons. The van der Waals surface area contributed by atoms with E-state index in [0.29, 0.717) is 0 Å². The van der Waals surface area contributed by atoms with E-state index in [2.05, 4.69) is 39.1 Å². The first-order valence-electron chi connectivity index (χ1n) is 4.53. The second-order valence-electron chi connectivity index (χ2n) is 3.28. The maximum atomic E-state index is 5.69. The molecule has 0 saturated heterocycles. The summed E-state index contributed by atoms with van der Waals surface area (Å²) in [5, 5.41) is 0. The van der Waals surface area contributed by atoms with Crippen molar-refractivity contribution >= 4 is 21.5 Å². The van der Waals surface area contributed by atoms with E-state index in [1.165, 1.54) is 0 Å². The summed E-state index contributed by atoms with van der Waals surface area (Å²) >= 11 is 3.24. The van der Waals surface area contributed by atoms with Crippen LogP contribution in [-0.2, 0) is 0 Å². The third kappa shape index (κ3) is 3.49. The number of nitrogens with one attached hydrogen (secondary N) is 1. The van der Waals surface area contributed by atoms with Crippen LogP contribution in [0.3, 0.4) is 0 Å². The van der Waals surface area contributed by atoms with Gasteiger partial charge in [-0.05, 0) is 18.6 Å². The fraction of sp³-hybridized carbons (Fsp3) is 0.182. The van der Waals surface area contributed by atoms with Gasteiger partial charge in [-0.2, -0.15) is 0 Å². The van der Waals surface area contributed by atoms with E-state index in [1.54, 1.807) is 6.20 Å². The fourth-order valence-corrected chi connectivity index (χ4v) is 1.14. The minimum atomic E-state index is -0.0957. The van der Waals surface area contributed by atoms with E-state index in [0.717, 1.165) is 21.6 Å². The molecule has 1 aromatic rings. The van der Waals surface area contributed by atoms with Gasteiger partial charge in [0.1, 0.15) is 5.82 Å². The molecule has 15 heavy (non-hydrogen) atoms. The standard InChI is InChI=1S/C11H14BrN3/c1-7(4-5-8(2)12)10-6-14-11(15-10)9(3)13/h4-6,9H,1-2,13H2,3H3,(H,14,15)/b5-4-. The van der Waals surface area contributed by atoms with Gasteiger partial charge in [0.05, 0.1) is 17.9 Å². The lowest BCUT2D eigenvalue weighted by molar-refractivity contribution is 0.755. The Kier molecular flexibility index (Phi) is 4.05. The average molecular weight is 268 g/mol. The summed E-state index contributed by atoms with van der Waals surface area (Å²) in [4.78, 5) is 7.26. The zero-order valence-electron chi connectivity index (χ0n) is 8.63. The van der Waals surface area contributed by atoms with Crippen molar-refractivity contribution in [3.05, 3.63) is 47.5 Å². The second kappa shape index (κ2) is 5.09. The molecule has 3 N–H and O–H groups in total. The van der Waals surface area contributed by atoms with Gasteiger partial charge < -0.3 is 10.7 Å². The molecular formula is C11H14BrN3. The van der Waals surface area contributed by atoms with Gasteiger partial charge in [0.15, 0.2) is 0 Å². The smallest absolute Gasteiger partial charge is 0.123 e. The molecule has 0 saturated carbocycles. The molecule has 0 fully saturated rings. The van der Waals surface area contributed by atoms with E-state index >= 15 is 0 Å². The Balaban J connectivity index is 2.79. The Hall–Kier alpha value is -1.13. The van der Waals surface area contributed by atoms with Gasteiger partial charge in [0, 0.05) is 4.48 Å². The Morgan fingerprint density at radius 2 is 2.27 bits per heavy atom. The SMILES string of the molecule is C=C(Br)/C=C\C(=C)c1cnc(C(C)N)[nH]1. The lowest BCUT2D eigenvalue weighted by Crippen LogP contribution is -2.06. The molecular weight excluding hydrogens is 254 g/mol. The molecule has 0 aliphatic rings. The van der Waals surface area contributed by atoms with Crippen molar-refractivity contribution in [3.8, 4) is 0 Å². The van der Waals surface area contributed by atoms with Gasteiger partial charge in [0.2, 0.25) is 0 Å². The number of rotatable bonds is 4. The first-order chi connectivity index (χ1) is 7.00. The average Bonchev–Trinajstić information content (AvgIpc) is 2.62. The van der Waals surface area contributed by atoms with Crippen molar-refractivity contribution in [1.29, 1.82) is 0 Å². The molecule has 0 aliphatic carbocycles. The molecule has 0 aromatic carbocycles. The predicted molar refractivity (Wildman–Crippen MR) is 67.4 cm³/mol. The van der Waals surface area contributed by atoms with Crippen molar-refractivity contribution in [2.75, 3.05) is 0 Å². The van der Waals surface area contributed by atoms with Crippen LogP contribution >= 0.6 is 15.9 Å². The van der Waals surface area contributed by atoms with Gasteiger partial charge in [-0.15, -0.1) is 0 Å². The Labute approximate surface area is 97.9 Å². The molecule has 1 unspecified atom stereocenters. The molecule has 0 amide bonds. The molecule has 3 nitrogen and oxygen atoms in total. The van der Waals surface area contributed by atoms with Gasteiger partial charge in [-0.3, -0.25) is 0 Å². The maximum absolute atomic E-state index is 5.69. The molecule has 1 heterocycles. The van der Waals surface area contributed by atoms with Gasteiger partial charge >= 0.3 is 0 Å². The van der Waals surface area contributed by atoms with Crippen molar-refractivity contribution in [1.82, 2.24) is 9.97 Å². The van der Waals surface area contributed by atoms with E-state index in [9.17, 15) is 0 Å². The van der Waals surface area contributed by atoms with Crippen LogP contribution in [0, 0.1) is 0 Å². The zero-order chi connectivity index (χ0) is 11.4. The van der Waals surface area contributed by atoms with Crippen molar-refractivity contribution in [3.63, 3.8) is 0 Å². The number of hydrogen-bond donors (Lipinski definition) is 2. The summed E-state index contributed by atoms with van der Waals surface area (Å²) < 4.78 is 0.801. The van der Waals surface area contributed by atoms with Crippen molar-refractivity contribution in [2.24, 2.45) is 5.73 Å². The lowest BCUT2D eigenvalue weighted by atomic mass is 10.2. The Morgan fingerprint density at radius 1 is 1.60 bits per heavy atom. The third-order valence-electron chi connectivity index (χ3n) is 1.84. The highest BCUT2D eigenvalue weighted by molar-refractivity contribution is 9.11. The van der Waals surface area contributed by atoms with E-state index in [4.69, 9.17) is 5.73 Å². The van der Waals surface area contributed by atoms with E-state index < -0.39 is 0 Å². The first-order valence-corrected chi connectivity index (χ1v) is 5.32. The van der Waals surface area contributed by atoms with Crippen LogP contribution in [0.4, 0.5) is 0 Å². The van der Waals surface area contributed by atoms with Crippen molar-refractivity contribution in [2.45, 2.75) is 13.0 Å². The highest BCUT2D eigenvalue weighted by Crippen LogP contribution is 2.15. The predicted octanol–water partition coefficient (Wildman–Crippen LogP) is 2.91. The van der Waals surface area contributed by atoms with Crippen LogP contribution in [0.5, 0.6) is 0 Å². The quantitative estimate of drug-likeness (QED) is 0.825. The summed E-state index contributed by atoms with van der Waals surface area (Å²) in [5.41, 5.74) is 7.40. The second-order valence-corrected chi connectivity index (χ2v) is 4.29. The van der Waals surface area contributed by atoms with Gasteiger partial charge in [0.25, 0.3) is 0 Å². The molecule has 0 spiro atoms. The summed E-state index contributed by atoms with van der Waals surface area (Å²) in [6.45, 7) is 9.48. The number of nitrogens with zero attached hydrogens (tertiary/aromatic N) is 1. The van der Waals surface area contributed by atoms with Crippen LogP contribution in [0.1, 0.15) is 24.5 Å².